The van der Waals surface area contributed by atoms with E-state index in [0.29, 0.717) is 17.0 Å². The summed E-state index contributed by atoms with van der Waals surface area (Å²) in [5.41, 5.74) is 7.73. The molecule has 0 unspecified atom stereocenters. The van der Waals surface area contributed by atoms with Crippen molar-refractivity contribution in [2.45, 2.75) is 0 Å². The topological polar surface area (TPSA) is 52.0 Å². The summed E-state index contributed by atoms with van der Waals surface area (Å²) in [4.78, 5) is 0. The Bertz CT molecular complexity index is 691. The van der Waals surface area contributed by atoms with Gasteiger partial charge in [0.1, 0.15) is 11.3 Å². The maximum Gasteiger partial charge on any atom is 0.176 e. The lowest BCUT2D eigenvalue weighted by Gasteiger charge is -2.00. The molecule has 84 valence electrons. The van der Waals surface area contributed by atoms with Crippen LogP contribution in [0.3, 0.4) is 0 Å². The highest BCUT2D eigenvalue weighted by Crippen LogP contribution is 2.32. The fourth-order valence-corrected chi connectivity index (χ4v) is 1.81. The predicted octanol–water partition coefficient (Wildman–Crippen LogP) is 3.22. The normalized spacial score (nSPS) is 10.9. The molecule has 3 aromatic rings. The van der Waals surface area contributed by atoms with E-state index in [0.717, 1.165) is 10.9 Å². The second kappa shape index (κ2) is 3.59. The number of nitrogen functional groups attached to an aromatic ring is 1. The molecule has 4 heteroatoms. The second-order valence-electron chi connectivity index (χ2n) is 3.76. The first-order valence-corrected chi connectivity index (χ1v) is 5.15. The third-order valence-electron chi connectivity index (χ3n) is 2.65. The van der Waals surface area contributed by atoms with Crippen LogP contribution in [0.4, 0.5) is 10.1 Å². The van der Waals surface area contributed by atoms with Gasteiger partial charge in [-0.05, 0) is 24.3 Å². The summed E-state index contributed by atoms with van der Waals surface area (Å²) >= 11 is 0. The Labute approximate surface area is 96.6 Å². The Morgan fingerprint density at radius 3 is 2.76 bits per heavy atom. The van der Waals surface area contributed by atoms with Crippen LogP contribution < -0.4 is 5.73 Å². The van der Waals surface area contributed by atoms with Crippen LogP contribution >= 0.6 is 0 Å². The second-order valence-corrected chi connectivity index (χ2v) is 3.76. The number of para-hydroxylation sites is 1. The van der Waals surface area contributed by atoms with Gasteiger partial charge in [-0.25, -0.2) is 4.39 Å². The largest absolute Gasteiger partial charge is 0.398 e. The standard InChI is InChI=1S/C13H9FN2O/c14-8-5-6-10-12(7-8)16-17-13(10)9-3-1-2-4-11(9)15/h1-7H,15H2. The predicted molar refractivity (Wildman–Crippen MR) is 63.8 cm³/mol. The van der Waals surface area contributed by atoms with Crippen LogP contribution in [-0.4, -0.2) is 5.16 Å². The average molecular weight is 228 g/mol. The molecule has 0 saturated heterocycles. The molecule has 0 atom stereocenters. The van der Waals surface area contributed by atoms with E-state index in [9.17, 15) is 4.39 Å². The van der Waals surface area contributed by atoms with Crippen molar-refractivity contribution in [2.24, 2.45) is 0 Å². The lowest BCUT2D eigenvalue weighted by molar-refractivity contribution is 0.441. The van der Waals surface area contributed by atoms with Crippen molar-refractivity contribution in [2.75, 3.05) is 5.73 Å². The molecule has 3 rings (SSSR count). The van der Waals surface area contributed by atoms with Crippen molar-refractivity contribution in [3.63, 3.8) is 0 Å². The molecule has 0 aliphatic carbocycles. The van der Waals surface area contributed by atoms with Crippen LogP contribution in [0, 0.1) is 5.82 Å². The number of hydrogen-bond acceptors (Lipinski definition) is 3. The van der Waals surface area contributed by atoms with Crippen LogP contribution in [-0.2, 0) is 0 Å². The van der Waals surface area contributed by atoms with E-state index in [4.69, 9.17) is 10.3 Å². The van der Waals surface area contributed by atoms with Gasteiger partial charge in [0.05, 0.1) is 0 Å². The highest BCUT2D eigenvalue weighted by Gasteiger charge is 2.13. The quantitative estimate of drug-likeness (QED) is 0.650. The van der Waals surface area contributed by atoms with Crippen molar-refractivity contribution < 1.29 is 8.91 Å². The zero-order chi connectivity index (χ0) is 11.8. The van der Waals surface area contributed by atoms with Crippen molar-refractivity contribution >= 4 is 16.6 Å². The molecule has 0 fully saturated rings. The molecular weight excluding hydrogens is 219 g/mol. The van der Waals surface area contributed by atoms with Crippen LogP contribution in [0.1, 0.15) is 0 Å². The van der Waals surface area contributed by atoms with Crippen molar-refractivity contribution in [3.8, 4) is 11.3 Å². The third-order valence-corrected chi connectivity index (χ3v) is 2.65. The fraction of sp³-hybridized carbons (Fsp3) is 0. The van der Waals surface area contributed by atoms with Gasteiger partial charge in [0.15, 0.2) is 5.76 Å². The molecule has 1 aromatic heterocycles. The van der Waals surface area contributed by atoms with E-state index in [1.807, 2.05) is 18.2 Å². The van der Waals surface area contributed by atoms with Gasteiger partial charge in [-0.1, -0.05) is 17.3 Å². The highest BCUT2D eigenvalue weighted by atomic mass is 19.1. The monoisotopic (exact) mass is 228 g/mol. The smallest absolute Gasteiger partial charge is 0.176 e. The number of hydrogen-bond donors (Lipinski definition) is 1. The molecule has 0 saturated carbocycles. The van der Waals surface area contributed by atoms with Gasteiger partial charge in [-0.2, -0.15) is 0 Å². The molecule has 0 spiro atoms. The number of benzene rings is 2. The molecule has 0 aliphatic heterocycles. The maximum atomic E-state index is 13.0. The molecule has 3 nitrogen and oxygen atoms in total. The van der Waals surface area contributed by atoms with Crippen LogP contribution in [0.2, 0.25) is 0 Å². The number of aromatic nitrogens is 1. The Balaban J connectivity index is 2.29. The lowest BCUT2D eigenvalue weighted by Crippen LogP contribution is -1.88. The van der Waals surface area contributed by atoms with Gasteiger partial charge in [0.25, 0.3) is 0 Å². The summed E-state index contributed by atoms with van der Waals surface area (Å²) in [7, 11) is 0. The van der Waals surface area contributed by atoms with Gasteiger partial charge in [0, 0.05) is 22.7 Å². The summed E-state index contributed by atoms with van der Waals surface area (Å²) in [6.07, 6.45) is 0. The van der Waals surface area contributed by atoms with Crippen molar-refractivity contribution in [1.82, 2.24) is 5.16 Å². The molecule has 17 heavy (non-hydrogen) atoms. The summed E-state index contributed by atoms with van der Waals surface area (Å²) in [6, 6.07) is 11.7. The van der Waals surface area contributed by atoms with E-state index >= 15 is 0 Å². The van der Waals surface area contributed by atoms with E-state index in [1.165, 1.54) is 12.1 Å². The van der Waals surface area contributed by atoms with Crippen molar-refractivity contribution in [3.05, 3.63) is 48.3 Å². The molecule has 0 bridgehead atoms. The number of anilines is 1. The van der Waals surface area contributed by atoms with E-state index < -0.39 is 0 Å². The summed E-state index contributed by atoms with van der Waals surface area (Å²) in [5, 5.41) is 4.58. The van der Waals surface area contributed by atoms with E-state index in [1.54, 1.807) is 12.1 Å². The third kappa shape index (κ3) is 1.54. The zero-order valence-electron chi connectivity index (χ0n) is 8.85. The molecule has 0 radical (unpaired) electrons. The van der Waals surface area contributed by atoms with Gasteiger partial charge >= 0.3 is 0 Å². The summed E-state index contributed by atoms with van der Waals surface area (Å²) in [5.74, 6) is 0.233. The first-order valence-electron chi connectivity index (χ1n) is 5.15. The van der Waals surface area contributed by atoms with Crippen LogP contribution in [0.15, 0.2) is 47.0 Å². The minimum atomic E-state index is -0.335. The Kier molecular flexibility index (Phi) is 2.08. The lowest BCUT2D eigenvalue weighted by atomic mass is 10.1. The summed E-state index contributed by atoms with van der Waals surface area (Å²) in [6.45, 7) is 0. The molecular formula is C13H9FN2O. The maximum absolute atomic E-state index is 13.0. The minimum absolute atomic E-state index is 0.335. The fourth-order valence-electron chi connectivity index (χ4n) is 1.81. The van der Waals surface area contributed by atoms with Gasteiger partial charge in [-0.3, -0.25) is 0 Å². The first kappa shape index (κ1) is 9.84. The van der Waals surface area contributed by atoms with E-state index in [-0.39, 0.29) is 5.82 Å². The zero-order valence-corrected chi connectivity index (χ0v) is 8.85. The SMILES string of the molecule is Nc1ccccc1-c1onc2cc(F)ccc12. The van der Waals surface area contributed by atoms with E-state index in [2.05, 4.69) is 5.16 Å². The van der Waals surface area contributed by atoms with Crippen LogP contribution in [0.25, 0.3) is 22.2 Å². The van der Waals surface area contributed by atoms with Gasteiger partial charge in [0.2, 0.25) is 0 Å². The Morgan fingerprint density at radius 1 is 1.12 bits per heavy atom. The molecule has 0 amide bonds. The number of nitrogens with zero attached hydrogens (tertiary/aromatic N) is 1. The Morgan fingerprint density at radius 2 is 1.94 bits per heavy atom. The highest BCUT2D eigenvalue weighted by molar-refractivity contribution is 5.94. The van der Waals surface area contributed by atoms with Gasteiger partial charge < -0.3 is 10.3 Å². The average Bonchev–Trinajstić information content (AvgIpc) is 2.72. The Hall–Kier alpha value is -2.36. The molecule has 0 aliphatic rings. The number of fused-ring (bicyclic) bond motifs is 1. The summed E-state index contributed by atoms with van der Waals surface area (Å²) < 4.78 is 18.3. The molecule has 2 aromatic carbocycles. The van der Waals surface area contributed by atoms with Crippen LogP contribution in [0.5, 0.6) is 0 Å². The number of rotatable bonds is 1. The molecule has 2 N–H and O–H groups in total. The minimum Gasteiger partial charge on any atom is -0.398 e. The van der Waals surface area contributed by atoms with Gasteiger partial charge in [-0.15, -0.1) is 0 Å². The number of halogens is 1. The van der Waals surface area contributed by atoms with Crippen molar-refractivity contribution in [1.29, 1.82) is 0 Å². The molecule has 1 heterocycles. The number of nitrogens with two attached hydrogens (primary N) is 1. The first-order chi connectivity index (χ1) is 8.25.